The standard InChI is InChI=1S/C21H25N5O3S2/c1-5-10-26-19-9-7-15(31(27,28)25(2)3)12-18(19)22-20(26)13-30-21-23-16-8-6-14(29-4)11-17(16)24-21/h6-9,11-12H,5,10,13H2,1-4H3,(H,23,24). The van der Waals surface area contributed by atoms with Gasteiger partial charge in [-0.2, -0.15) is 0 Å². The fourth-order valence-corrected chi connectivity index (χ4v) is 5.16. The molecule has 1 N–H and O–H groups in total. The molecule has 0 radical (unpaired) electrons. The summed E-state index contributed by atoms with van der Waals surface area (Å²) in [5.74, 6) is 2.28. The quantitative estimate of drug-likeness (QED) is 0.402. The number of H-pyrrole nitrogens is 1. The minimum Gasteiger partial charge on any atom is -0.497 e. The van der Waals surface area contributed by atoms with Crippen LogP contribution >= 0.6 is 11.8 Å². The van der Waals surface area contributed by atoms with Gasteiger partial charge in [0.15, 0.2) is 5.16 Å². The van der Waals surface area contributed by atoms with E-state index in [1.54, 1.807) is 31.0 Å². The zero-order valence-corrected chi connectivity index (χ0v) is 19.5. The van der Waals surface area contributed by atoms with Gasteiger partial charge < -0.3 is 14.3 Å². The summed E-state index contributed by atoms with van der Waals surface area (Å²) in [7, 11) is 1.19. The van der Waals surface area contributed by atoms with Crippen molar-refractivity contribution < 1.29 is 13.2 Å². The Labute approximate surface area is 185 Å². The highest BCUT2D eigenvalue weighted by molar-refractivity contribution is 7.98. The van der Waals surface area contributed by atoms with Gasteiger partial charge in [0.25, 0.3) is 0 Å². The molecule has 0 aliphatic heterocycles. The average Bonchev–Trinajstić information content (AvgIpc) is 3.32. The normalized spacial score (nSPS) is 12.3. The van der Waals surface area contributed by atoms with Gasteiger partial charge >= 0.3 is 0 Å². The smallest absolute Gasteiger partial charge is 0.242 e. The Morgan fingerprint density at radius 3 is 2.65 bits per heavy atom. The van der Waals surface area contributed by atoms with Crippen molar-refractivity contribution in [2.24, 2.45) is 0 Å². The van der Waals surface area contributed by atoms with E-state index in [1.165, 1.54) is 18.4 Å². The molecule has 0 spiro atoms. The number of aryl methyl sites for hydroxylation is 1. The fraction of sp³-hybridized carbons (Fsp3) is 0.333. The van der Waals surface area contributed by atoms with E-state index in [1.807, 2.05) is 24.3 Å². The molecule has 0 amide bonds. The van der Waals surface area contributed by atoms with E-state index in [9.17, 15) is 8.42 Å². The van der Waals surface area contributed by atoms with Crippen LogP contribution in [0.3, 0.4) is 0 Å². The maximum atomic E-state index is 12.5. The lowest BCUT2D eigenvalue weighted by Crippen LogP contribution is -2.22. The fourth-order valence-electron chi connectivity index (χ4n) is 3.41. The summed E-state index contributed by atoms with van der Waals surface area (Å²) in [5.41, 5.74) is 3.41. The third-order valence-electron chi connectivity index (χ3n) is 5.03. The molecule has 2 heterocycles. The zero-order valence-electron chi connectivity index (χ0n) is 17.9. The number of sulfonamides is 1. The second kappa shape index (κ2) is 8.52. The number of ether oxygens (including phenoxy) is 1. The number of aromatic amines is 1. The molecule has 31 heavy (non-hydrogen) atoms. The van der Waals surface area contributed by atoms with E-state index >= 15 is 0 Å². The zero-order chi connectivity index (χ0) is 22.2. The van der Waals surface area contributed by atoms with Crippen LogP contribution in [0.1, 0.15) is 19.2 Å². The van der Waals surface area contributed by atoms with Gasteiger partial charge in [-0.15, -0.1) is 0 Å². The third-order valence-corrected chi connectivity index (χ3v) is 7.71. The molecule has 164 valence electrons. The van der Waals surface area contributed by atoms with E-state index < -0.39 is 10.0 Å². The van der Waals surface area contributed by atoms with Crippen molar-refractivity contribution in [2.45, 2.75) is 35.7 Å². The van der Waals surface area contributed by atoms with Gasteiger partial charge in [-0.05, 0) is 36.8 Å². The highest BCUT2D eigenvalue weighted by atomic mass is 32.2. The number of imidazole rings is 2. The van der Waals surface area contributed by atoms with Gasteiger partial charge in [0.1, 0.15) is 11.6 Å². The van der Waals surface area contributed by atoms with E-state index in [0.29, 0.717) is 11.3 Å². The molecule has 2 aromatic carbocycles. The van der Waals surface area contributed by atoms with Gasteiger partial charge in [-0.3, -0.25) is 0 Å². The highest BCUT2D eigenvalue weighted by Gasteiger charge is 2.20. The minimum atomic E-state index is -3.51. The Balaban J connectivity index is 1.65. The second-order valence-electron chi connectivity index (χ2n) is 7.33. The third kappa shape index (κ3) is 4.15. The van der Waals surface area contributed by atoms with Crippen molar-refractivity contribution in [2.75, 3.05) is 21.2 Å². The summed E-state index contributed by atoms with van der Waals surface area (Å²) in [4.78, 5) is 13.0. The molecule has 4 aromatic rings. The van der Waals surface area contributed by atoms with Gasteiger partial charge in [0.05, 0.1) is 39.8 Å². The van der Waals surface area contributed by atoms with Gasteiger partial charge in [-0.25, -0.2) is 22.7 Å². The van der Waals surface area contributed by atoms with Crippen LogP contribution in [0.5, 0.6) is 5.75 Å². The number of benzene rings is 2. The van der Waals surface area contributed by atoms with Crippen LogP contribution in [0.4, 0.5) is 0 Å². The van der Waals surface area contributed by atoms with Crippen molar-refractivity contribution in [1.29, 1.82) is 0 Å². The van der Waals surface area contributed by atoms with Crippen LogP contribution < -0.4 is 4.74 Å². The molecule has 0 atom stereocenters. The molecule has 4 rings (SSSR count). The molecule has 8 nitrogen and oxygen atoms in total. The van der Waals surface area contributed by atoms with E-state index in [2.05, 4.69) is 21.5 Å². The summed E-state index contributed by atoms with van der Waals surface area (Å²) in [6, 6.07) is 10.9. The first-order valence-corrected chi connectivity index (χ1v) is 12.3. The molecule has 0 saturated carbocycles. The van der Waals surface area contributed by atoms with Crippen molar-refractivity contribution >= 4 is 43.9 Å². The topological polar surface area (TPSA) is 93.1 Å². The molecular weight excluding hydrogens is 434 g/mol. The molecule has 0 aliphatic rings. The van der Waals surface area contributed by atoms with Crippen molar-refractivity contribution in [1.82, 2.24) is 23.8 Å². The summed E-state index contributed by atoms with van der Waals surface area (Å²) < 4.78 is 33.6. The Morgan fingerprint density at radius 2 is 1.94 bits per heavy atom. The van der Waals surface area contributed by atoms with Crippen LogP contribution in [-0.4, -0.2) is 53.4 Å². The summed E-state index contributed by atoms with van der Waals surface area (Å²) in [6.45, 7) is 2.92. The predicted octanol–water partition coefficient (Wildman–Crippen LogP) is 3.87. The summed E-state index contributed by atoms with van der Waals surface area (Å²) >= 11 is 1.57. The first kappa shape index (κ1) is 21.7. The first-order valence-electron chi connectivity index (χ1n) is 9.91. The van der Waals surface area contributed by atoms with Crippen molar-refractivity contribution in [3.8, 4) is 5.75 Å². The highest BCUT2D eigenvalue weighted by Crippen LogP contribution is 2.28. The maximum absolute atomic E-state index is 12.5. The molecule has 0 fully saturated rings. The number of hydrogen-bond donors (Lipinski definition) is 1. The van der Waals surface area contributed by atoms with Crippen LogP contribution in [0, 0.1) is 0 Å². The van der Waals surface area contributed by atoms with Gasteiger partial charge in [-0.1, -0.05) is 18.7 Å². The van der Waals surface area contributed by atoms with Gasteiger partial charge in [0.2, 0.25) is 10.0 Å². The van der Waals surface area contributed by atoms with Crippen LogP contribution in [0.15, 0.2) is 46.5 Å². The Kier molecular flexibility index (Phi) is 5.96. The number of hydrogen-bond acceptors (Lipinski definition) is 6. The number of methoxy groups -OCH3 is 1. The van der Waals surface area contributed by atoms with Crippen molar-refractivity contribution in [3.05, 3.63) is 42.2 Å². The lowest BCUT2D eigenvalue weighted by atomic mass is 10.3. The average molecular weight is 460 g/mol. The Bertz CT molecular complexity index is 1340. The summed E-state index contributed by atoms with van der Waals surface area (Å²) in [6.07, 6.45) is 0.950. The number of thioether (sulfide) groups is 1. The van der Waals surface area contributed by atoms with Crippen LogP contribution in [0.2, 0.25) is 0 Å². The number of nitrogens with zero attached hydrogens (tertiary/aromatic N) is 4. The predicted molar refractivity (Wildman–Crippen MR) is 123 cm³/mol. The number of aromatic nitrogens is 4. The summed E-state index contributed by atoms with van der Waals surface area (Å²) in [5, 5.41) is 0.800. The van der Waals surface area contributed by atoms with Crippen LogP contribution in [-0.2, 0) is 22.3 Å². The lowest BCUT2D eigenvalue weighted by Gasteiger charge is -2.11. The number of rotatable bonds is 8. The molecule has 0 saturated heterocycles. The van der Waals surface area contributed by atoms with Gasteiger partial charge in [0, 0.05) is 26.7 Å². The van der Waals surface area contributed by atoms with E-state index in [0.717, 1.165) is 46.2 Å². The van der Waals surface area contributed by atoms with Crippen LogP contribution in [0.25, 0.3) is 22.1 Å². The Hall–Kier alpha value is -2.56. The number of fused-ring (bicyclic) bond motifs is 2. The molecule has 0 bridgehead atoms. The number of nitrogens with one attached hydrogen (secondary N) is 1. The molecule has 2 aromatic heterocycles. The minimum absolute atomic E-state index is 0.247. The molecular formula is C21H25N5O3S2. The molecule has 10 heteroatoms. The molecule has 0 aliphatic carbocycles. The maximum Gasteiger partial charge on any atom is 0.242 e. The van der Waals surface area contributed by atoms with E-state index in [4.69, 9.17) is 9.72 Å². The first-order chi connectivity index (χ1) is 14.8. The largest absolute Gasteiger partial charge is 0.497 e. The monoisotopic (exact) mass is 459 g/mol. The molecule has 0 unspecified atom stereocenters. The second-order valence-corrected chi connectivity index (χ2v) is 10.4. The SMILES string of the molecule is CCCn1c(CSc2nc3ccc(OC)cc3[nH]2)nc2cc(S(=O)(=O)N(C)C)ccc21. The van der Waals surface area contributed by atoms with Crippen molar-refractivity contribution in [3.63, 3.8) is 0 Å². The van der Waals surface area contributed by atoms with E-state index in [-0.39, 0.29) is 4.90 Å². The lowest BCUT2D eigenvalue weighted by molar-refractivity contribution is 0.415. The Morgan fingerprint density at radius 1 is 1.13 bits per heavy atom.